The summed E-state index contributed by atoms with van der Waals surface area (Å²) in [5.74, 6) is -1.38. The summed E-state index contributed by atoms with van der Waals surface area (Å²) in [6.45, 7) is 1.29. The topological polar surface area (TPSA) is 23.6 Å². The zero-order chi connectivity index (χ0) is 18.8. The molecule has 0 bridgehead atoms. The molecule has 0 saturated carbocycles. The van der Waals surface area contributed by atoms with Gasteiger partial charge in [-0.1, -0.05) is 54.6 Å². The summed E-state index contributed by atoms with van der Waals surface area (Å²) in [6, 6.07) is 20.9. The Labute approximate surface area is 156 Å². The van der Waals surface area contributed by atoms with Crippen LogP contribution in [-0.2, 0) is 6.54 Å². The zero-order valence-electron chi connectivity index (χ0n) is 14.6. The lowest BCUT2D eigenvalue weighted by Crippen LogP contribution is -2.32. The van der Waals surface area contributed by atoms with E-state index in [1.54, 1.807) is 4.90 Å². The summed E-state index contributed by atoms with van der Waals surface area (Å²) in [4.78, 5) is 15.8. The van der Waals surface area contributed by atoms with Crippen LogP contribution >= 0.6 is 0 Å². The van der Waals surface area contributed by atoms with Crippen molar-refractivity contribution in [3.8, 4) is 11.1 Å². The minimum atomic E-state index is -0.727. The van der Waals surface area contributed by atoms with Gasteiger partial charge in [0.2, 0.25) is 0 Å². The predicted octanol–water partition coefficient (Wildman–Crippen LogP) is 5.07. The van der Waals surface area contributed by atoms with Gasteiger partial charge in [-0.05, 0) is 28.8 Å². The summed E-state index contributed by atoms with van der Waals surface area (Å²) in [5.41, 5.74) is 3.29. The van der Waals surface area contributed by atoms with Crippen LogP contribution in [0.15, 0.2) is 72.8 Å². The van der Waals surface area contributed by atoms with Crippen molar-refractivity contribution < 1.29 is 13.6 Å². The second kappa shape index (κ2) is 7.19. The van der Waals surface area contributed by atoms with Crippen molar-refractivity contribution in [3.05, 3.63) is 90.0 Å². The number of nitrogens with zero attached hydrogens (tertiary/aromatic N) is 2. The first-order valence-corrected chi connectivity index (χ1v) is 8.78. The SMILES string of the molecule is O=C1N(Cc2ccccc2-c2ccccc2)CCN1c1ccc(F)cc1F. The minimum absolute atomic E-state index is 0.111. The van der Waals surface area contributed by atoms with E-state index < -0.39 is 11.6 Å². The molecule has 27 heavy (non-hydrogen) atoms. The van der Waals surface area contributed by atoms with Crippen LogP contribution in [0.5, 0.6) is 0 Å². The molecule has 1 aliphatic heterocycles. The molecule has 1 saturated heterocycles. The van der Waals surface area contributed by atoms with Gasteiger partial charge in [-0.3, -0.25) is 4.90 Å². The number of halogens is 2. The van der Waals surface area contributed by atoms with Crippen molar-refractivity contribution in [1.82, 2.24) is 4.90 Å². The summed E-state index contributed by atoms with van der Waals surface area (Å²) in [7, 11) is 0. The van der Waals surface area contributed by atoms with E-state index in [2.05, 4.69) is 0 Å². The minimum Gasteiger partial charge on any atom is -0.318 e. The number of urea groups is 1. The fourth-order valence-corrected chi connectivity index (χ4v) is 3.42. The quantitative estimate of drug-likeness (QED) is 0.634. The Morgan fingerprint density at radius 1 is 0.852 bits per heavy atom. The molecule has 1 aliphatic rings. The zero-order valence-corrected chi connectivity index (χ0v) is 14.6. The van der Waals surface area contributed by atoms with Gasteiger partial charge in [-0.2, -0.15) is 0 Å². The van der Waals surface area contributed by atoms with E-state index in [0.29, 0.717) is 19.6 Å². The van der Waals surface area contributed by atoms with Gasteiger partial charge < -0.3 is 4.90 Å². The number of hydrogen-bond donors (Lipinski definition) is 0. The monoisotopic (exact) mass is 364 g/mol. The fourth-order valence-electron chi connectivity index (χ4n) is 3.42. The van der Waals surface area contributed by atoms with E-state index in [-0.39, 0.29) is 11.7 Å². The molecule has 0 spiro atoms. The standard InChI is InChI=1S/C22H18F2N2O/c23-18-10-11-21(20(24)14-18)26-13-12-25(22(26)27)15-17-8-4-5-9-19(17)16-6-2-1-3-7-16/h1-11,14H,12-13,15H2. The van der Waals surface area contributed by atoms with Gasteiger partial charge in [-0.15, -0.1) is 0 Å². The Bertz CT molecular complexity index is 975. The van der Waals surface area contributed by atoms with Gasteiger partial charge in [-0.25, -0.2) is 13.6 Å². The Kier molecular flexibility index (Phi) is 4.59. The summed E-state index contributed by atoms with van der Waals surface area (Å²) in [5, 5.41) is 0. The summed E-state index contributed by atoms with van der Waals surface area (Å²) >= 11 is 0. The smallest absolute Gasteiger partial charge is 0.318 e. The third-order valence-electron chi connectivity index (χ3n) is 4.76. The first kappa shape index (κ1) is 17.2. The average molecular weight is 364 g/mol. The highest BCUT2D eigenvalue weighted by Gasteiger charge is 2.31. The van der Waals surface area contributed by atoms with Crippen molar-refractivity contribution in [2.45, 2.75) is 6.54 Å². The number of carbonyl (C=O) groups excluding carboxylic acids is 1. The van der Waals surface area contributed by atoms with Gasteiger partial charge in [0, 0.05) is 25.7 Å². The lowest BCUT2D eigenvalue weighted by molar-refractivity contribution is 0.218. The molecule has 0 aliphatic carbocycles. The number of carbonyl (C=O) groups is 1. The maximum Gasteiger partial charge on any atom is 0.325 e. The molecule has 2 amide bonds. The Hall–Kier alpha value is -3.21. The summed E-state index contributed by atoms with van der Waals surface area (Å²) < 4.78 is 27.2. The molecule has 0 radical (unpaired) electrons. The van der Waals surface area contributed by atoms with Crippen molar-refractivity contribution in [3.63, 3.8) is 0 Å². The fraction of sp³-hybridized carbons (Fsp3) is 0.136. The van der Waals surface area contributed by atoms with Crippen LogP contribution in [0.1, 0.15) is 5.56 Å². The highest BCUT2D eigenvalue weighted by molar-refractivity contribution is 5.94. The van der Waals surface area contributed by atoms with Crippen LogP contribution in [0.25, 0.3) is 11.1 Å². The lowest BCUT2D eigenvalue weighted by atomic mass is 9.99. The van der Waals surface area contributed by atoms with Crippen molar-refractivity contribution in [2.24, 2.45) is 0 Å². The van der Waals surface area contributed by atoms with Crippen LogP contribution in [0.3, 0.4) is 0 Å². The van der Waals surface area contributed by atoms with E-state index in [4.69, 9.17) is 0 Å². The second-order valence-corrected chi connectivity index (χ2v) is 6.47. The predicted molar refractivity (Wildman–Crippen MR) is 101 cm³/mol. The average Bonchev–Trinajstić information content (AvgIpc) is 3.03. The summed E-state index contributed by atoms with van der Waals surface area (Å²) in [6.07, 6.45) is 0. The molecule has 5 heteroatoms. The highest BCUT2D eigenvalue weighted by atomic mass is 19.1. The molecule has 0 aromatic heterocycles. The molecule has 3 aromatic carbocycles. The van der Waals surface area contributed by atoms with E-state index in [9.17, 15) is 13.6 Å². The lowest BCUT2D eigenvalue weighted by Gasteiger charge is -2.20. The van der Waals surface area contributed by atoms with Gasteiger partial charge in [0.05, 0.1) is 5.69 Å². The molecule has 1 fully saturated rings. The molecule has 0 atom stereocenters. The third-order valence-corrected chi connectivity index (χ3v) is 4.76. The number of benzene rings is 3. The molecule has 3 aromatic rings. The van der Waals surface area contributed by atoms with Gasteiger partial charge >= 0.3 is 6.03 Å². The Morgan fingerprint density at radius 2 is 1.59 bits per heavy atom. The van der Waals surface area contributed by atoms with Gasteiger partial charge in [0.15, 0.2) is 0 Å². The van der Waals surface area contributed by atoms with Crippen molar-refractivity contribution in [1.29, 1.82) is 0 Å². The molecule has 4 rings (SSSR count). The third kappa shape index (κ3) is 3.40. The van der Waals surface area contributed by atoms with Gasteiger partial charge in [0.25, 0.3) is 0 Å². The number of anilines is 1. The molecule has 0 unspecified atom stereocenters. The first-order valence-electron chi connectivity index (χ1n) is 8.78. The largest absolute Gasteiger partial charge is 0.325 e. The van der Waals surface area contributed by atoms with Crippen LogP contribution < -0.4 is 4.90 Å². The maximum atomic E-state index is 14.1. The van der Waals surface area contributed by atoms with Crippen molar-refractivity contribution in [2.75, 3.05) is 18.0 Å². The molecule has 0 N–H and O–H groups in total. The molecule has 3 nitrogen and oxygen atoms in total. The van der Waals surface area contributed by atoms with Crippen LogP contribution in [0.2, 0.25) is 0 Å². The molecular weight excluding hydrogens is 346 g/mol. The first-order chi connectivity index (χ1) is 13.1. The normalized spacial score (nSPS) is 14.1. The Balaban J connectivity index is 1.58. The number of rotatable bonds is 4. The van der Waals surface area contributed by atoms with Crippen LogP contribution in [0, 0.1) is 11.6 Å². The van der Waals surface area contributed by atoms with Gasteiger partial charge in [0.1, 0.15) is 11.6 Å². The molecule has 136 valence electrons. The Morgan fingerprint density at radius 3 is 2.37 bits per heavy atom. The van der Waals surface area contributed by atoms with E-state index in [1.807, 2.05) is 54.6 Å². The number of hydrogen-bond acceptors (Lipinski definition) is 1. The van der Waals surface area contributed by atoms with E-state index in [0.717, 1.165) is 22.8 Å². The highest BCUT2D eigenvalue weighted by Crippen LogP contribution is 2.28. The maximum absolute atomic E-state index is 14.1. The molecule has 1 heterocycles. The van der Waals surface area contributed by atoms with E-state index in [1.165, 1.54) is 17.0 Å². The van der Waals surface area contributed by atoms with E-state index >= 15 is 0 Å². The second-order valence-electron chi connectivity index (χ2n) is 6.47. The number of amides is 2. The van der Waals surface area contributed by atoms with Crippen molar-refractivity contribution >= 4 is 11.7 Å². The van der Waals surface area contributed by atoms with Crippen LogP contribution in [-0.4, -0.2) is 24.0 Å². The molecular formula is C22H18F2N2O. The van der Waals surface area contributed by atoms with Crippen LogP contribution in [0.4, 0.5) is 19.3 Å².